The zero-order valence-corrected chi connectivity index (χ0v) is 13.2. The fourth-order valence-corrected chi connectivity index (χ4v) is 2.34. The first-order chi connectivity index (χ1) is 10.7. The average Bonchev–Trinajstić information content (AvgIpc) is 2.55. The van der Waals surface area contributed by atoms with Gasteiger partial charge in [0.1, 0.15) is 0 Å². The van der Waals surface area contributed by atoms with Crippen LogP contribution in [0.15, 0.2) is 60.7 Å². The van der Waals surface area contributed by atoms with Crippen molar-refractivity contribution in [2.75, 3.05) is 26.7 Å². The van der Waals surface area contributed by atoms with E-state index in [0.717, 1.165) is 19.4 Å². The second-order valence-electron chi connectivity index (χ2n) is 5.56. The van der Waals surface area contributed by atoms with Crippen LogP contribution in [-0.4, -0.2) is 37.5 Å². The molecule has 0 saturated carbocycles. The summed E-state index contributed by atoms with van der Waals surface area (Å²) < 4.78 is 0. The summed E-state index contributed by atoms with van der Waals surface area (Å²) in [6.45, 7) is 2.02. The van der Waals surface area contributed by atoms with E-state index in [1.807, 2.05) is 43.4 Å². The quantitative estimate of drug-likeness (QED) is 0.812. The molecule has 0 radical (unpaired) electrons. The molecule has 0 saturated heterocycles. The second kappa shape index (κ2) is 9.00. The first-order valence-electron chi connectivity index (χ1n) is 7.77. The van der Waals surface area contributed by atoms with E-state index >= 15 is 0 Å². The summed E-state index contributed by atoms with van der Waals surface area (Å²) in [4.78, 5) is 14.0. The van der Waals surface area contributed by atoms with E-state index < -0.39 is 0 Å². The third-order valence-corrected chi connectivity index (χ3v) is 3.62. The van der Waals surface area contributed by atoms with Crippen molar-refractivity contribution in [2.24, 2.45) is 0 Å². The van der Waals surface area contributed by atoms with Gasteiger partial charge in [-0.2, -0.15) is 0 Å². The fraction of sp³-hybridized carbons (Fsp3) is 0.316. The van der Waals surface area contributed by atoms with E-state index in [2.05, 4.69) is 34.5 Å². The van der Waals surface area contributed by atoms with Gasteiger partial charge in [-0.3, -0.25) is 9.69 Å². The Balaban J connectivity index is 1.62. The minimum atomic E-state index is 0.0893. The monoisotopic (exact) mass is 296 g/mol. The summed E-state index contributed by atoms with van der Waals surface area (Å²) in [5.74, 6) is 0.0893. The molecule has 3 nitrogen and oxygen atoms in total. The van der Waals surface area contributed by atoms with E-state index in [-0.39, 0.29) is 5.91 Å². The lowest BCUT2D eigenvalue weighted by atomic mass is 10.1. The molecule has 0 spiro atoms. The van der Waals surface area contributed by atoms with Crippen LogP contribution >= 0.6 is 0 Å². The van der Waals surface area contributed by atoms with Gasteiger partial charge in [0.15, 0.2) is 0 Å². The average molecular weight is 296 g/mol. The van der Waals surface area contributed by atoms with Gasteiger partial charge < -0.3 is 5.32 Å². The topological polar surface area (TPSA) is 32.3 Å². The molecule has 0 aliphatic rings. The Labute approximate surface area is 133 Å². The number of hydrogen-bond donors (Lipinski definition) is 1. The molecule has 0 bridgehead atoms. The van der Waals surface area contributed by atoms with Gasteiger partial charge in [-0.25, -0.2) is 0 Å². The Kier molecular flexibility index (Phi) is 6.65. The number of nitrogens with zero attached hydrogens (tertiary/aromatic N) is 1. The standard InChI is InChI=1S/C19H24N2O/c1-21(15-13-18-10-6-3-7-11-18)16-19(22)20-14-12-17-8-4-2-5-9-17/h2-11H,12-16H2,1H3,(H,20,22). The molecule has 0 atom stereocenters. The Morgan fingerprint density at radius 1 is 0.909 bits per heavy atom. The zero-order chi connectivity index (χ0) is 15.6. The van der Waals surface area contributed by atoms with Gasteiger partial charge >= 0.3 is 0 Å². The molecule has 0 aliphatic carbocycles. The van der Waals surface area contributed by atoms with Crippen LogP contribution in [0.2, 0.25) is 0 Å². The SMILES string of the molecule is CN(CCc1ccccc1)CC(=O)NCCc1ccccc1. The summed E-state index contributed by atoms with van der Waals surface area (Å²) >= 11 is 0. The van der Waals surface area contributed by atoms with Crippen LogP contribution in [0.1, 0.15) is 11.1 Å². The largest absolute Gasteiger partial charge is 0.355 e. The highest BCUT2D eigenvalue weighted by molar-refractivity contribution is 5.77. The predicted molar refractivity (Wildman–Crippen MR) is 90.8 cm³/mol. The Hall–Kier alpha value is -2.13. The van der Waals surface area contributed by atoms with Crippen molar-refractivity contribution in [3.63, 3.8) is 0 Å². The summed E-state index contributed by atoms with van der Waals surface area (Å²) in [7, 11) is 1.99. The molecular formula is C19H24N2O. The van der Waals surface area contributed by atoms with Gasteiger partial charge in [-0.05, 0) is 31.0 Å². The highest BCUT2D eigenvalue weighted by atomic mass is 16.2. The maximum Gasteiger partial charge on any atom is 0.234 e. The van der Waals surface area contributed by atoms with Crippen molar-refractivity contribution in [3.8, 4) is 0 Å². The molecule has 22 heavy (non-hydrogen) atoms. The maximum atomic E-state index is 11.9. The normalized spacial score (nSPS) is 10.6. The van der Waals surface area contributed by atoms with E-state index in [0.29, 0.717) is 13.1 Å². The molecule has 0 aliphatic heterocycles. The van der Waals surface area contributed by atoms with Gasteiger partial charge in [-0.1, -0.05) is 60.7 Å². The lowest BCUT2D eigenvalue weighted by Crippen LogP contribution is -2.36. The number of benzene rings is 2. The van der Waals surface area contributed by atoms with Crippen molar-refractivity contribution in [2.45, 2.75) is 12.8 Å². The minimum Gasteiger partial charge on any atom is -0.355 e. The zero-order valence-electron chi connectivity index (χ0n) is 13.2. The van der Waals surface area contributed by atoms with Gasteiger partial charge in [0.05, 0.1) is 6.54 Å². The number of carbonyl (C=O) groups is 1. The van der Waals surface area contributed by atoms with Crippen LogP contribution < -0.4 is 5.32 Å². The highest BCUT2D eigenvalue weighted by Crippen LogP contribution is 2.00. The van der Waals surface area contributed by atoms with E-state index in [1.165, 1.54) is 11.1 Å². The van der Waals surface area contributed by atoms with Crippen LogP contribution in [0.5, 0.6) is 0 Å². The van der Waals surface area contributed by atoms with Crippen molar-refractivity contribution in [1.29, 1.82) is 0 Å². The molecule has 116 valence electrons. The molecule has 2 aromatic rings. The van der Waals surface area contributed by atoms with Crippen LogP contribution in [0.3, 0.4) is 0 Å². The van der Waals surface area contributed by atoms with E-state index in [9.17, 15) is 4.79 Å². The van der Waals surface area contributed by atoms with Gasteiger partial charge in [0, 0.05) is 13.1 Å². The number of nitrogens with one attached hydrogen (secondary N) is 1. The first kappa shape index (κ1) is 16.2. The predicted octanol–water partition coefficient (Wildman–Crippen LogP) is 2.52. The second-order valence-corrected chi connectivity index (χ2v) is 5.56. The maximum absolute atomic E-state index is 11.9. The molecule has 0 aromatic heterocycles. The van der Waals surface area contributed by atoms with Crippen molar-refractivity contribution in [3.05, 3.63) is 71.8 Å². The van der Waals surface area contributed by atoms with Crippen molar-refractivity contribution < 1.29 is 4.79 Å². The van der Waals surface area contributed by atoms with Crippen molar-refractivity contribution >= 4 is 5.91 Å². The summed E-state index contributed by atoms with van der Waals surface area (Å²) in [6.07, 6.45) is 1.84. The molecule has 0 heterocycles. The Bertz CT molecular complexity index is 554. The first-order valence-corrected chi connectivity index (χ1v) is 7.77. The molecule has 0 fully saturated rings. The third kappa shape index (κ3) is 6.10. The summed E-state index contributed by atoms with van der Waals surface area (Å²) in [5, 5.41) is 2.98. The van der Waals surface area contributed by atoms with Gasteiger partial charge in [0.25, 0.3) is 0 Å². The highest BCUT2D eigenvalue weighted by Gasteiger charge is 2.06. The summed E-state index contributed by atoms with van der Waals surface area (Å²) in [5.41, 5.74) is 2.55. The Morgan fingerprint density at radius 3 is 2.05 bits per heavy atom. The molecule has 1 N–H and O–H groups in total. The van der Waals surface area contributed by atoms with Crippen LogP contribution in [-0.2, 0) is 17.6 Å². The molecule has 0 unspecified atom stereocenters. The number of likely N-dealkylation sites (N-methyl/N-ethyl adjacent to an activating group) is 1. The van der Waals surface area contributed by atoms with Gasteiger partial charge in [0.2, 0.25) is 5.91 Å². The number of rotatable bonds is 8. The van der Waals surface area contributed by atoms with E-state index in [4.69, 9.17) is 0 Å². The smallest absolute Gasteiger partial charge is 0.234 e. The van der Waals surface area contributed by atoms with Crippen LogP contribution in [0.25, 0.3) is 0 Å². The van der Waals surface area contributed by atoms with Crippen LogP contribution in [0, 0.1) is 0 Å². The fourth-order valence-electron chi connectivity index (χ4n) is 2.34. The number of amides is 1. The number of hydrogen-bond acceptors (Lipinski definition) is 2. The van der Waals surface area contributed by atoms with Gasteiger partial charge in [-0.15, -0.1) is 0 Å². The molecule has 3 heteroatoms. The molecule has 2 aromatic carbocycles. The van der Waals surface area contributed by atoms with Crippen LogP contribution in [0.4, 0.5) is 0 Å². The lowest BCUT2D eigenvalue weighted by molar-refractivity contribution is -0.121. The Morgan fingerprint density at radius 2 is 1.45 bits per heavy atom. The minimum absolute atomic E-state index is 0.0893. The summed E-state index contributed by atoms with van der Waals surface area (Å²) in [6, 6.07) is 20.6. The molecular weight excluding hydrogens is 272 g/mol. The van der Waals surface area contributed by atoms with Crippen molar-refractivity contribution in [1.82, 2.24) is 10.2 Å². The number of carbonyl (C=O) groups excluding carboxylic acids is 1. The van der Waals surface area contributed by atoms with E-state index in [1.54, 1.807) is 0 Å². The lowest BCUT2D eigenvalue weighted by Gasteiger charge is -2.16. The molecule has 2 rings (SSSR count). The third-order valence-electron chi connectivity index (χ3n) is 3.62. The molecule has 1 amide bonds.